The van der Waals surface area contributed by atoms with Crippen LogP contribution in [0.2, 0.25) is 0 Å². The smallest absolute Gasteiger partial charge is 0.319 e. The van der Waals surface area contributed by atoms with E-state index in [4.69, 9.17) is 4.74 Å². The van der Waals surface area contributed by atoms with Gasteiger partial charge in [-0.2, -0.15) is 0 Å². The summed E-state index contributed by atoms with van der Waals surface area (Å²) < 4.78 is 5.30. The van der Waals surface area contributed by atoms with Gasteiger partial charge in [0.15, 0.2) is 0 Å². The number of likely N-dealkylation sites (N-methyl/N-ethyl adjacent to an activating group) is 1. The Bertz CT molecular complexity index is 852. The lowest BCUT2D eigenvalue weighted by Crippen LogP contribution is -2.37. The Morgan fingerprint density at radius 3 is 2.52 bits per heavy atom. The van der Waals surface area contributed by atoms with Crippen molar-refractivity contribution in [1.29, 1.82) is 0 Å². The molecular weight excluding hydrogens is 368 g/mol. The number of amides is 3. The van der Waals surface area contributed by atoms with Crippen LogP contribution in [0, 0.1) is 6.92 Å². The number of carbonyl (C=O) groups excluding carboxylic acids is 2. The summed E-state index contributed by atoms with van der Waals surface area (Å²) in [5.41, 5.74) is 3.26. The number of methoxy groups -OCH3 is 1. The second kappa shape index (κ2) is 10.5. The zero-order chi connectivity index (χ0) is 21.4. The van der Waals surface area contributed by atoms with Crippen molar-refractivity contribution >= 4 is 23.3 Å². The number of nitrogens with zero attached hydrogens (tertiary/aromatic N) is 1. The van der Waals surface area contributed by atoms with Gasteiger partial charge in [0.25, 0.3) is 0 Å². The molecular formula is C22H30N4O3. The van der Waals surface area contributed by atoms with E-state index in [1.165, 1.54) is 0 Å². The number of urea groups is 1. The van der Waals surface area contributed by atoms with Gasteiger partial charge in [-0.1, -0.05) is 25.1 Å². The molecule has 0 aliphatic rings. The molecule has 156 valence electrons. The molecule has 0 fully saturated rings. The first-order chi connectivity index (χ1) is 13.8. The predicted molar refractivity (Wildman–Crippen MR) is 117 cm³/mol. The van der Waals surface area contributed by atoms with Crippen molar-refractivity contribution in [2.75, 3.05) is 38.4 Å². The lowest BCUT2D eigenvalue weighted by Gasteiger charge is -2.25. The van der Waals surface area contributed by atoms with Crippen molar-refractivity contribution in [2.24, 2.45) is 0 Å². The molecule has 1 atom stereocenters. The summed E-state index contributed by atoms with van der Waals surface area (Å²) in [4.78, 5) is 26.1. The minimum Gasteiger partial charge on any atom is -0.497 e. The van der Waals surface area contributed by atoms with Crippen LogP contribution >= 0.6 is 0 Å². The second-order valence-corrected chi connectivity index (χ2v) is 7.02. The number of nitrogens with one attached hydrogen (secondary N) is 3. The summed E-state index contributed by atoms with van der Waals surface area (Å²) in [7, 11) is 5.57. The Labute approximate surface area is 172 Å². The van der Waals surface area contributed by atoms with E-state index >= 15 is 0 Å². The highest BCUT2D eigenvalue weighted by Crippen LogP contribution is 2.23. The van der Waals surface area contributed by atoms with Crippen LogP contribution in [-0.2, 0) is 4.79 Å². The zero-order valence-corrected chi connectivity index (χ0v) is 17.7. The van der Waals surface area contributed by atoms with Crippen LogP contribution in [0.3, 0.4) is 0 Å². The van der Waals surface area contributed by atoms with E-state index in [0.717, 1.165) is 16.9 Å². The summed E-state index contributed by atoms with van der Waals surface area (Å²) >= 11 is 0. The first-order valence-corrected chi connectivity index (χ1v) is 9.59. The lowest BCUT2D eigenvalue weighted by atomic mass is 10.1. The Hall–Kier alpha value is -3.06. The Morgan fingerprint density at radius 2 is 1.86 bits per heavy atom. The highest BCUT2D eigenvalue weighted by atomic mass is 16.5. The van der Waals surface area contributed by atoms with E-state index in [1.807, 2.05) is 62.3 Å². The van der Waals surface area contributed by atoms with Crippen LogP contribution in [-0.4, -0.2) is 44.6 Å². The Balaban J connectivity index is 2.04. The molecule has 0 bridgehead atoms. The number of carbonyl (C=O) groups is 2. The lowest BCUT2D eigenvalue weighted by molar-refractivity contribution is -0.115. The minimum absolute atomic E-state index is 0.00729. The summed E-state index contributed by atoms with van der Waals surface area (Å²) in [5, 5.41) is 8.59. The average Bonchev–Trinajstić information content (AvgIpc) is 2.70. The summed E-state index contributed by atoms with van der Waals surface area (Å²) in [6.07, 6.45) is 0.396. The van der Waals surface area contributed by atoms with E-state index in [1.54, 1.807) is 20.1 Å². The second-order valence-electron chi connectivity index (χ2n) is 7.02. The summed E-state index contributed by atoms with van der Waals surface area (Å²) in [6, 6.07) is 12.9. The van der Waals surface area contributed by atoms with Crippen LogP contribution in [0.5, 0.6) is 5.75 Å². The monoisotopic (exact) mass is 398 g/mol. The average molecular weight is 399 g/mol. The highest BCUT2D eigenvalue weighted by molar-refractivity contribution is 5.94. The number of rotatable bonds is 8. The van der Waals surface area contributed by atoms with E-state index in [9.17, 15) is 9.59 Å². The third-order valence-corrected chi connectivity index (χ3v) is 4.65. The number of hydrogen-bond acceptors (Lipinski definition) is 4. The first-order valence-electron chi connectivity index (χ1n) is 9.59. The number of hydrogen-bond donors (Lipinski definition) is 3. The fourth-order valence-corrected chi connectivity index (χ4v) is 2.89. The molecule has 0 saturated heterocycles. The van der Waals surface area contributed by atoms with Gasteiger partial charge < -0.3 is 25.6 Å². The van der Waals surface area contributed by atoms with Gasteiger partial charge in [0, 0.05) is 24.3 Å². The van der Waals surface area contributed by atoms with E-state index in [0.29, 0.717) is 24.3 Å². The molecule has 0 aliphatic heterocycles. The molecule has 0 spiro atoms. The normalized spacial score (nSPS) is 11.7. The van der Waals surface area contributed by atoms with Crippen molar-refractivity contribution in [2.45, 2.75) is 26.3 Å². The van der Waals surface area contributed by atoms with Crippen molar-refractivity contribution in [3.63, 3.8) is 0 Å². The molecule has 2 rings (SSSR count). The van der Waals surface area contributed by atoms with Gasteiger partial charge in [0.05, 0.1) is 13.2 Å². The third-order valence-electron chi connectivity index (χ3n) is 4.65. The molecule has 29 heavy (non-hydrogen) atoms. The third kappa shape index (κ3) is 6.50. The van der Waals surface area contributed by atoms with Crippen molar-refractivity contribution in [3.05, 3.63) is 53.6 Å². The maximum absolute atomic E-state index is 12.5. The van der Waals surface area contributed by atoms with Gasteiger partial charge in [-0.25, -0.2) is 4.79 Å². The molecule has 0 radical (unpaired) electrons. The number of anilines is 2. The topological polar surface area (TPSA) is 82.7 Å². The summed E-state index contributed by atoms with van der Waals surface area (Å²) in [5.74, 6) is 0.705. The quantitative estimate of drug-likeness (QED) is 0.632. The number of benzene rings is 2. The SMILES string of the molecule is CCC(=O)Nc1ccc(C)c(NC(=O)NCC(c2cccc(OC)c2)N(C)C)c1. The largest absolute Gasteiger partial charge is 0.497 e. The number of ether oxygens (including phenoxy) is 1. The minimum atomic E-state index is -0.304. The van der Waals surface area contributed by atoms with Gasteiger partial charge in [-0.15, -0.1) is 0 Å². The van der Waals surface area contributed by atoms with Gasteiger partial charge in [0.2, 0.25) is 5.91 Å². The molecule has 2 aromatic carbocycles. The fraction of sp³-hybridized carbons (Fsp3) is 0.364. The molecule has 7 heteroatoms. The molecule has 3 N–H and O–H groups in total. The van der Waals surface area contributed by atoms with Crippen LogP contribution < -0.4 is 20.7 Å². The molecule has 0 aliphatic carbocycles. The van der Waals surface area contributed by atoms with Crippen molar-refractivity contribution < 1.29 is 14.3 Å². The maximum Gasteiger partial charge on any atom is 0.319 e. The zero-order valence-electron chi connectivity index (χ0n) is 17.7. The first kappa shape index (κ1) is 22.2. The Morgan fingerprint density at radius 1 is 1.10 bits per heavy atom. The molecule has 0 saturated carbocycles. The summed E-state index contributed by atoms with van der Waals surface area (Å²) in [6.45, 7) is 4.12. The molecule has 2 aromatic rings. The Kier molecular flexibility index (Phi) is 8.03. The molecule has 1 unspecified atom stereocenters. The molecule has 3 amide bonds. The predicted octanol–water partition coefficient (Wildman–Crippen LogP) is 3.78. The van der Waals surface area contributed by atoms with E-state index < -0.39 is 0 Å². The van der Waals surface area contributed by atoms with Crippen molar-refractivity contribution in [3.8, 4) is 5.75 Å². The van der Waals surface area contributed by atoms with Gasteiger partial charge in [0.1, 0.15) is 5.75 Å². The van der Waals surface area contributed by atoms with Crippen LogP contribution in [0.4, 0.5) is 16.2 Å². The van der Waals surface area contributed by atoms with E-state index in [2.05, 4.69) is 16.0 Å². The van der Waals surface area contributed by atoms with Crippen molar-refractivity contribution in [1.82, 2.24) is 10.2 Å². The highest BCUT2D eigenvalue weighted by Gasteiger charge is 2.16. The van der Waals surface area contributed by atoms with Gasteiger partial charge >= 0.3 is 6.03 Å². The van der Waals surface area contributed by atoms with Gasteiger partial charge in [-0.3, -0.25) is 4.79 Å². The van der Waals surface area contributed by atoms with Crippen LogP contribution in [0.25, 0.3) is 0 Å². The van der Waals surface area contributed by atoms with Crippen LogP contribution in [0.1, 0.15) is 30.5 Å². The molecule has 0 heterocycles. The van der Waals surface area contributed by atoms with Gasteiger partial charge in [-0.05, 0) is 56.4 Å². The van der Waals surface area contributed by atoms with Crippen LogP contribution in [0.15, 0.2) is 42.5 Å². The number of aryl methyl sites for hydroxylation is 1. The maximum atomic E-state index is 12.5. The standard InChI is InChI=1S/C22H30N4O3/c1-6-21(27)24-17-11-10-15(2)19(13-17)25-22(28)23-14-20(26(3)4)16-8-7-9-18(12-16)29-5/h7-13,20H,6,14H2,1-5H3,(H,24,27)(H2,23,25,28). The molecule has 0 aromatic heterocycles. The fourth-order valence-electron chi connectivity index (χ4n) is 2.89. The van der Waals surface area contributed by atoms with E-state index in [-0.39, 0.29) is 18.0 Å². The molecule has 7 nitrogen and oxygen atoms in total.